The second-order valence-corrected chi connectivity index (χ2v) is 24.4. The van der Waals surface area contributed by atoms with Crippen LogP contribution in [0.4, 0.5) is 0 Å². The van der Waals surface area contributed by atoms with Gasteiger partial charge >= 0.3 is 5.97 Å². The summed E-state index contributed by atoms with van der Waals surface area (Å²) in [6.45, 7) is 14.3. The van der Waals surface area contributed by atoms with Gasteiger partial charge in [-0.2, -0.15) is 0 Å². The number of H-pyrrole nitrogens is 1. The quantitative estimate of drug-likeness (QED) is 0.0497. The topological polar surface area (TPSA) is 129 Å². The fourth-order valence-electron chi connectivity index (χ4n) is 8.44. The van der Waals surface area contributed by atoms with E-state index in [0.29, 0.717) is 18.1 Å². The fraction of sp³-hybridized carbons (Fsp3) is 0.447. The number of aliphatic carboxylic acids is 1. The molecule has 60 heavy (non-hydrogen) atoms. The third-order valence-electron chi connectivity index (χ3n) is 12.8. The number of hydrogen-bond acceptors (Lipinski definition) is 9. The van der Waals surface area contributed by atoms with Gasteiger partial charge in [0, 0.05) is 54.2 Å². The molecular weight excluding hydrogens is 809 g/mol. The molecule has 4 N–H and O–H groups in total. The van der Waals surface area contributed by atoms with Gasteiger partial charge in [0.15, 0.2) is 8.32 Å². The highest BCUT2D eigenvalue weighted by atomic mass is 32.1. The molecule has 7 rings (SSSR count). The maximum Gasteiger partial charge on any atom is 0.347 e. The Kier molecular flexibility index (Phi) is 13.6. The van der Waals surface area contributed by atoms with E-state index in [9.17, 15) is 19.8 Å². The predicted molar refractivity (Wildman–Crippen MR) is 247 cm³/mol. The van der Waals surface area contributed by atoms with Crippen LogP contribution in [-0.2, 0) is 32.5 Å². The lowest BCUT2D eigenvalue weighted by Crippen LogP contribution is -2.44. The molecule has 0 bridgehead atoms. The van der Waals surface area contributed by atoms with Crippen LogP contribution in [0, 0.1) is 0 Å². The first-order valence-corrected chi connectivity index (χ1v) is 25.8. The minimum absolute atomic E-state index is 0.00179. The summed E-state index contributed by atoms with van der Waals surface area (Å²) in [5, 5.41) is 30.8. The Bertz CT molecular complexity index is 2380. The van der Waals surface area contributed by atoms with Gasteiger partial charge in [-0.05, 0) is 122 Å². The number of nitrogens with zero attached hydrogens (tertiary/aromatic N) is 2. The normalized spacial score (nSPS) is 17.2. The number of hydrogen-bond donors (Lipinski definition) is 4. The van der Waals surface area contributed by atoms with Gasteiger partial charge in [-0.15, -0.1) is 22.7 Å². The molecule has 320 valence electrons. The number of carbonyl (C=O) groups is 1. The van der Waals surface area contributed by atoms with Crippen LogP contribution in [0.2, 0.25) is 18.1 Å². The minimum atomic E-state index is -2.19. The molecule has 1 aliphatic carbocycles. The first kappa shape index (κ1) is 44.0. The number of phenols is 1. The summed E-state index contributed by atoms with van der Waals surface area (Å²) in [7, 11) is 0.0298. The molecule has 2 aromatic carbocycles. The number of benzene rings is 2. The van der Waals surface area contributed by atoms with Crippen LogP contribution >= 0.6 is 22.7 Å². The summed E-state index contributed by atoms with van der Waals surface area (Å²) in [6, 6.07) is 23.5. The fourth-order valence-corrected chi connectivity index (χ4v) is 11.5. The van der Waals surface area contributed by atoms with Crippen molar-refractivity contribution in [2.45, 2.75) is 108 Å². The number of aromatic nitrogens is 2. The minimum Gasteiger partial charge on any atom is -0.506 e. The van der Waals surface area contributed by atoms with E-state index in [1.165, 1.54) is 45.2 Å². The lowest BCUT2D eigenvalue weighted by molar-refractivity contribution is -0.170. The number of pyridine rings is 1. The number of aromatic amines is 1. The molecule has 1 atom stereocenters. The Morgan fingerprint density at radius 1 is 0.967 bits per heavy atom. The average molecular weight is 869 g/mol. The number of ether oxygens (including phenoxy) is 1. The molecule has 10 nitrogen and oxygen atoms in total. The van der Waals surface area contributed by atoms with Crippen LogP contribution in [0.5, 0.6) is 5.75 Å². The summed E-state index contributed by atoms with van der Waals surface area (Å²) >= 11 is 2.87. The summed E-state index contributed by atoms with van der Waals surface area (Å²) in [5.41, 5.74) is 2.24. The van der Waals surface area contributed by atoms with Gasteiger partial charge in [0.1, 0.15) is 5.75 Å². The summed E-state index contributed by atoms with van der Waals surface area (Å²) < 4.78 is 16.0. The van der Waals surface area contributed by atoms with E-state index in [4.69, 9.17) is 9.16 Å². The van der Waals surface area contributed by atoms with Crippen LogP contribution in [0.25, 0.3) is 21.8 Å². The Balaban J connectivity index is 0.952. The zero-order chi connectivity index (χ0) is 42.7. The van der Waals surface area contributed by atoms with E-state index in [-0.39, 0.29) is 28.6 Å². The second-order valence-electron chi connectivity index (χ2n) is 17.8. The molecule has 0 amide bonds. The Labute approximate surface area is 362 Å². The number of carboxylic acid groups (broad SMARTS) is 1. The molecular formula is C47H60N4O6S2Si. The third-order valence-corrected chi connectivity index (χ3v) is 19.3. The highest BCUT2D eigenvalue weighted by Gasteiger charge is 2.48. The zero-order valence-electron chi connectivity index (χ0n) is 35.7. The molecule has 1 saturated carbocycles. The number of carboxylic acids is 1. The molecule has 4 heterocycles. The van der Waals surface area contributed by atoms with Crippen molar-refractivity contribution in [2.75, 3.05) is 26.7 Å². The van der Waals surface area contributed by atoms with Crippen molar-refractivity contribution < 1.29 is 24.2 Å². The Hall–Kier alpha value is -4.08. The van der Waals surface area contributed by atoms with Crippen molar-refractivity contribution in [3.8, 4) is 5.75 Å². The summed E-state index contributed by atoms with van der Waals surface area (Å²) in [5.74, 6) is -0.907. The van der Waals surface area contributed by atoms with Gasteiger partial charge in [-0.25, -0.2) is 4.79 Å². The number of para-hydroxylation sites is 1. The monoisotopic (exact) mass is 868 g/mol. The van der Waals surface area contributed by atoms with Crippen LogP contribution in [0.3, 0.4) is 0 Å². The SMILES string of the molecule is CN(CCCc1cn(CCNC[C@H](O[Si](C)(C)C(C)(C)C)c2ccc(O)c3[nH]c(=O)ccc23)c2ccccc12)C1CCC(OC(C(=O)O)(c2cccs2)c2cccs2)CC1. The first-order chi connectivity index (χ1) is 28.7. The lowest BCUT2D eigenvalue weighted by Gasteiger charge is -2.39. The van der Waals surface area contributed by atoms with Crippen molar-refractivity contribution in [3.63, 3.8) is 0 Å². The van der Waals surface area contributed by atoms with Crippen LogP contribution in [-0.4, -0.2) is 77.8 Å². The van der Waals surface area contributed by atoms with Gasteiger partial charge < -0.3 is 39.1 Å². The summed E-state index contributed by atoms with van der Waals surface area (Å²) in [4.78, 5) is 31.8. The first-order valence-electron chi connectivity index (χ1n) is 21.2. The predicted octanol–water partition coefficient (Wildman–Crippen LogP) is 9.88. The van der Waals surface area contributed by atoms with Gasteiger partial charge in [0.05, 0.1) is 27.5 Å². The molecule has 4 aromatic heterocycles. The standard InChI is InChI=1S/C47H60N4O6S2Si/c1-46(2,3)60(5,6)57-40(36-21-23-39(52)44-37(36)22-24-43(53)49-44)30-48-25-27-51-31-32(35-13-7-8-14-38(35)51)12-9-26-50(4)33-17-19-34(20-18-33)56-47(45(54)55,41-15-10-28-58-41)42-16-11-29-59-42/h7-8,10-11,13-16,21-24,28-29,31,33-34,40,48,52H,9,12,17-20,25-27,30H2,1-6H3,(H,49,53)(H,54,55)/t33?,34?,40-/m0/s1. The number of phenolic OH excluding ortho intramolecular Hbond substituents is 1. The molecule has 0 spiro atoms. The largest absolute Gasteiger partial charge is 0.506 e. The molecule has 0 aliphatic heterocycles. The number of nitrogens with one attached hydrogen (secondary N) is 2. The smallest absolute Gasteiger partial charge is 0.347 e. The Morgan fingerprint density at radius 3 is 2.32 bits per heavy atom. The number of rotatable bonds is 18. The highest BCUT2D eigenvalue weighted by Crippen LogP contribution is 2.43. The van der Waals surface area contributed by atoms with Gasteiger partial charge in [-0.3, -0.25) is 4.79 Å². The van der Waals surface area contributed by atoms with Crippen LogP contribution in [0.15, 0.2) is 94.5 Å². The molecule has 1 aliphatic rings. The highest BCUT2D eigenvalue weighted by molar-refractivity contribution is 7.12. The van der Waals surface area contributed by atoms with E-state index in [1.54, 1.807) is 12.1 Å². The zero-order valence-corrected chi connectivity index (χ0v) is 38.3. The van der Waals surface area contributed by atoms with Gasteiger partial charge in [0.2, 0.25) is 11.2 Å². The second kappa shape index (κ2) is 18.5. The number of aryl methyl sites for hydroxylation is 1. The molecule has 0 radical (unpaired) electrons. The molecule has 0 saturated heterocycles. The van der Waals surface area contributed by atoms with Crippen molar-refractivity contribution in [2.24, 2.45) is 0 Å². The lowest BCUT2D eigenvalue weighted by atomic mass is 9.90. The number of aromatic hydroxyl groups is 1. The average Bonchev–Trinajstić information content (AvgIpc) is 4.02. The third kappa shape index (κ3) is 9.37. The Morgan fingerprint density at radius 2 is 1.67 bits per heavy atom. The van der Waals surface area contributed by atoms with Crippen LogP contribution in [0.1, 0.15) is 79.9 Å². The summed E-state index contributed by atoms with van der Waals surface area (Å²) in [6.07, 6.45) is 7.55. The van der Waals surface area contributed by atoms with Gasteiger partial charge in [-0.1, -0.05) is 57.2 Å². The number of fused-ring (bicyclic) bond motifs is 2. The van der Waals surface area contributed by atoms with E-state index in [0.717, 1.165) is 78.9 Å². The maximum absolute atomic E-state index is 12.9. The van der Waals surface area contributed by atoms with Crippen LogP contribution < -0.4 is 10.9 Å². The van der Waals surface area contributed by atoms with Crippen molar-refractivity contribution in [1.82, 2.24) is 19.8 Å². The van der Waals surface area contributed by atoms with Crippen molar-refractivity contribution in [1.29, 1.82) is 0 Å². The van der Waals surface area contributed by atoms with Crippen molar-refractivity contribution >= 4 is 58.8 Å². The van der Waals surface area contributed by atoms with E-state index >= 15 is 0 Å². The van der Waals surface area contributed by atoms with E-state index < -0.39 is 19.9 Å². The maximum atomic E-state index is 12.9. The molecule has 1 fully saturated rings. The number of thiophene rings is 2. The molecule has 13 heteroatoms. The van der Waals surface area contributed by atoms with Crippen molar-refractivity contribution in [3.05, 3.63) is 121 Å². The molecule has 6 aromatic rings. The van der Waals surface area contributed by atoms with E-state index in [1.807, 2.05) is 41.1 Å². The molecule has 0 unspecified atom stereocenters. The van der Waals surface area contributed by atoms with Gasteiger partial charge in [0.25, 0.3) is 0 Å². The van der Waals surface area contributed by atoms with E-state index in [2.05, 4.69) is 91.1 Å².